The van der Waals surface area contributed by atoms with Crippen LogP contribution in [-0.2, 0) is 22.3 Å². The summed E-state index contributed by atoms with van der Waals surface area (Å²) in [5, 5.41) is 0. The number of likely N-dealkylation sites (tertiary alicyclic amines) is 1. The first kappa shape index (κ1) is 19.7. The fourth-order valence-corrected chi connectivity index (χ4v) is 4.52. The molecule has 25 heavy (non-hydrogen) atoms. The van der Waals surface area contributed by atoms with E-state index in [0.29, 0.717) is 12.5 Å². The zero-order valence-corrected chi connectivity index (χ0v) is 16.1. The lowest BCUT2D eigenvalue weighted by atomic mass is 10.1. The molecule has 140 valence electrons. The molecule has 7 heteroatoms. The predicted octanol–water partition coefficient (Wildman–Crippen LogP) is 2.21. The fourth-order valence-electron chi connectivity index (χ4n) is 3.02. The Morgan fingerprint density at radius 2 is 1.76 bits per heavy atom. The van der Waals surface area contributed by atoms with Crippen LogP contribution < -0.4 is 10.5 Å². The normalized spacial score (nSPS) is 16.9. The number of nitrogens with zero attached hydrogens (tertiary/aromatic N) is 2. The fraction of sp³-hybridized carbons (Fsp3) is 0.611. The van der Waals surface area contributed by atoms with Crippen molar-refractivity contribution in [2.45, 2.75) is 57.9 Å². The van der Waals surface area contributed by atoms with Crippen molar-refractivity contribution >= 4 is 16.0 Å². The minimum atomic E-state index is -3.36. The van der Waals surface area contributed by atoms with Crippen molar-refractivity contribution in [2.24, 2.45) is 10.7 Å². The van der Waals surface area contributed by atoms with Crippen molar-refractivity contribution in [1.29, 1.82) is 0 Å². The van der Waals surface area contributed by atoms with Crippen LogP contribution in [0, 0.1) is 0 Å². The van der Waals surface area contributed by atoms with Crippen molar-refractivity contribution in [3.05, 3.63) is 35.4 Å². The monoisotopic (exact) mass is 366 g/mol. The van der Waals surface area contributed by atoms with Gasteiger partial charge in [-0.15, -0.1) is 0 Å². The summed E-state index contributed by atoms with van der Waals surface area (Å²) in [6.07, 6.45) is 4.78. The van der Waals surface area contributed by atoms with Gasteiger partial charge in [0.25, 0.3) is 0 Å². The molecule has 0 aliphatic carbocycles. The third kappa shape index (κ3) is 6.66. The van der Waals surface area contributed by atoms with Crippen molar-refractivity contribution < 1.29 is 8.42 Å². The highest BCUT2D eigenvalue weighted by atomic mass is 32.2. The molecule has 0 saturated carbocycles. The van der Waals surface area contributed by atoms with Gasteiger partial charge in [-0.1, -0.05) is 37.1 Å². The predicted molar refractivity (Wildman–Crippen MR) is 103 cm³/mol. The molecule has 1 aromatic carbocycles. The third-order valence-corrected chi connectivity index (χ3v) is 5.74. The van der Waals surface area contributed by atoms with Gasteiger partial charge in [0.05, 0.1) is 12.3 Å². The molecular weight excluding hydrogens is 336 g/mol. The Morgan fingerprint density at radius 3 is 2.36 bits per heavy atom. The molecule has 0 amide bonds. The maximum Gasteiger partial charge on any atom is 0.216 e. The Hall–Kier alpha value is -1.60. The van der Waals surface area contributed by atoms with E-state index in [0.717, 1.165) is 37.1 Å². The summed E-state index contributed by atoms with van der Waals surface area (Å²) in [4.78, 5) is 6.65. The van der Waals surface area contributed by atoms with Gasteiger partial charge in [0.2, 0.25) is 10.0 Å². The molecular formula is C18H30N4O2S. The maximum absolute atomic E-state index is 12.2. The second-order valence-corrected chi connectivity index (χ2v) is 8.63. The average Bonchev–Trinajstić information content (AvgIpc) is 2.81. The average molecular weight is 367 g/mol. The lowest BCUT2D eigenvalue weighted by Gasteiger charge is -2.21. The summed E-state index contributed by atoms with van der Waals surface area (Å²) >= 11 is 0. The maximum atomic E-state index is 12.2. The number of rotatable bonds is 6. The number of sulfonamides is 1. The first-order valence-corrected chi connectivity index (χ1v) is 10.6. The van der Waals surface area contributed by atoms with Crippen LogP contribution in [0.25, 0.3) is 0 Å². The highest BCUT2D eigenvalue weighted by Crippen LogP contribution is 2.14. The molecule has 1 saturated heterocycles. The number of hydrogen-bond acceptors (Lipinski definition) is 3. The topological polar surface area (TPSA) is 87.8 Å². The zero-order chi connectivity index (χ0) is 18.3. The molecule has 2 rings (SSSR count). The molecule has 1 aliphatic heterocycles. The molecule has 1 aliphatic rings. The molecule has 0 atom stereocenters. The largest absolute Gasteiger partial charge is 0.370 e. The second kappa shape index (κ2) is 9.20. The van der Waals surface area contributed by atoms with E-state index in [2.05, 4.69) is 14.6 Å². The number of nitrogens with two attached hydrogens (primary N) is 1. The lowest BCUT2D eigenvalue weighted by Crippen LogP contribution is -2.38. The lowest BCUT2D eigenvalue weighted by molar-refractivity contribution is 0.428. The summed E-state index contributed by atoms with van der Waals surface area (Å²) < 4.78 is 27.0. The SMILES string of the molecule is CC(C)NS(=O)(=O)Cc1ccccc1CN=C(N)N1CCCCCC1. The zero-order valence-electron chi connectivity index (χ0n) is 15.2. The van der Waals surface area contributed by atoms with Crippen molar-refractivity contribution in [3.8, 4) is 0 Å². The Morgan fingerprint density at radius 1 is 1.16 bits per heavy atom. The Balaban J connectivity index is 2.08. The Labute approximate surface area is 151 Å². The highest BCUT2D eigenvalue weighted by molar-refractivity contribution is 7.88. The summed E-state index contributed by atoms with van der Waals surface area (Å²) in [6, 6.07) is 7.39. The van der Waals surface area contributed by atoms with E-state index in [-0.39, 0.29) is 11.8 Å². The number of benzene rings is 1. The minimum Gasteiger partial charge on any atom is -0.370 e. The number of aliphatic imine (C=N–C) groups is 1. The van der Waals surface area contributed by atoms with Crippen molar-refractivity contribution in [1.82, 2.24) is 9.62 Å². The van der Waals surface area contributed by atoms with Gasteiger partial charge in [-0.25, -0.2) is 18.1 Å². The molecule has 0 aromatic heterocycles. The molecule has 3 N–H and O–H groups in total. The first-order chi connectivity index (χ1) is 11.9. The quantitative estimate of drug-likeness (QED) is 0.597. The van der Waals surface area contributed by atoms with Gasteiger partial charge >= 0.3 is 0 Å². The van der Waals surface area contributed by atoms with E-state index in [4.69, 9.17) is 5.73 Å². The van der Waals surface area contributed by atoms with E-state index in [9.17, 15) is 8.42 Å². The van der Waals surface area contributed by atoms with Gasteiger partial charge in [0.1, 0.15) is 0 Å². The molecule has 0 spiro atoms. The van der Waals surface area contributed by atoms with Gasteiger partial charge in [0, 0.05) is 19.1 Å². The molecule has 0 bridgehead atoms. The van der Waals surface area contributed by atoms with Crippen LogP contribution in [0.1, 0.15) is 50.7 Å². The van der Waals surface area contributed by atoms with E-state index < -0.39 is 10.0 Å². The minimum absolute atomic E-state index is 0.0412. The molecule has 6 nitrogen and oxygen atoms in total. The third-order valence-electron chi connectivity index (χ3n) is 4.22. The Kier molecular flexibility index (Phi) is 7.25. The van der Waals surface area contributed by atoms with Crippen LogP contribution in [0.3, 0.4) is 0 Å². The standard InChI is InChI=1S/C18H30N4O2S/c1-15(2)21-25(23,24)14-17-10-6-5-9-16(17)13-20-18(19)22-11-7-3-4-8-12-22/h5-6,9-10,15,21H,3-4,7-8,11-14H2,1-2H3,(H2,19,20). The van der Waals surface area contributed by atoms with Crippen molar-refractivity contribution in [3.63, 3.8) is 0 Å². The second-order valence-electron chi connectivity index (χ2n) is 6.88. The number of hydrogen-bond donors (Lipinski definition) is 2. The van der Waals surface area contributed by atoms with Crippen LogP contribution in [0.15, 0.2) is 29.3 Å². The molecule has 1 fully saturated rings. The number of guanidine groups is 1. The van der Waals surface area contributed by atoms with Crippen LogP contribution in [-0.4, -0.2) is 38.4 Å². The summed E-state index contributed by atoms with van der Waals surface area (Å²) in [7, 11) is -3.36. The van der Waals surface area contributed by atoms with Crippen molar-refractivity contribution in [2.75, 3.05) is 13.1 Å². The van der Waals surface area contributed by atoms with Gasteiger partial charge in [0.15, 0.2) is 5.96 Å². The highest BCUT2D eigenvalue weighted by Gasteiger charge is 2.16. The molecule has 1 heterocycles. The van der Waals surface area contributed by atoms with E-state index in [1.807, 2.05) is 38.1 Å². The Bertz CT molecular complexity index is 678. The summed E-state index contributed by atoms with van der Waals surface area (Å²) in [5.41, 5.74) is 7.82. The smallest absolute Gasteiger partial charge is 0.216 e. The van der Waals surface area contributed by atoms with Crippen LogP contribution in [0.5, 0.6) is 0 Å². The summed E-state index contributed by atoms with van der Waals surface area (Å²) in [5.74, 6) is 0.514. The van der Waals surface area contributed by atoms with Gasteiger partial charge < -0.3 is 10.6 Å². The molecule has 0 unspecified atom stereocenters. The molecule has 0 radical (unpaired) electrons. The summed E-state index contributed by atoms with van der Waals surface area (Å²) in [6.45, 7) is 5.92. The van der Waals surface area contributed by atoms with E-state index in [1.165, 1.54) is 12.8 Å². The van der Waals surface area contributed by atoms with Gasteiger partial charge in [-0.05, 0) is 37.8 Å². The van der Waals surface area contributed by atoms with Crippen LogP contribution in [0.4, 0.5) is 0 Å². The van der Waals surface area contributed by atoms with E-state index >= 15 is 0 Å². The van der Waals surface area contributed by atoms with Crippen LogP contribution >= 0.6 is 0 Å². The molecule has 1 aromatic rings. The van der Waals surface area contributed by atoms with Gasteiger partial charge in [-0.3, -0.25) is 0 Å². The van der Waals surface area contributed by atoms with Gasteiger partial charge in [-0.2, -0.15) is 0 Å². The van der Waals surface area contributed by atoms with E-state index in [1.54, 1.807) is 0 Å². The van der Waals surface area contributed by atoms with Crippen LogP contribution in [0.2, 0.25) is 0 Å². The first-order valence-electron chi connectivity index (χ1n) is 8.99. The number of nitrogens with one attached hydrogen (secondary N) is 1.